The number of aromatic nitrogens is 4. The fourth-order valence-electron chi connectivity index (χ4n) is 10.6. The Labute approximate surface area is 302 Å². The van der Waals surface area contributed by atoms with Gasteiger partial charge in [-0.15, -0.1) is 0 Å². The highest BCUT2D eigenvalue weighted by atomic mass is 15.0. The van der Waals surface area contributed by atoms with Crippen LogP contribution in [0.2, 0.25) is 0 Å². The fraction of sp³-hybridized carbons (Fsp3) is 0.208. The molecule has 1 fully saturated rings. The van der Waals surface area contributed by atoms with E-state index in [-0.39, 0.29) is 0 Å². The van der Waals surface area contributed by atoms with Gasteiger partial charge in [-0.1, -0.05) is 87.0 Å². The van der Waals surface area contributed by atoms with Crippen LogP contribution in [-0.2, 0) is 0 Å². The average Bonchev–Trinajstić information content (AvgIpc) is 3.51. The van der Waals surface area contributed by atoms with Crippen LogP contribution in [0.25, 0.3) is 88.9 Å². The number of hydrogen-bond donors (Lipinski definition) is 0. The summed E-state index contributed by atoms with van der Waals surface area (Å²) in [4.78, 5) is 10.4. The first-order valence-corrected chi connectivity index (χ1v) is 19.2. The maximum atomic E-state index is 5.28. The molecule has 0 spiro atoms. The lowest BCUT2D eigenvalue weighted by molar-refractivity contribution is 0.612. The minimum atomic E-state index is 0.384. The summed E-state index contributed by atoms with van der Waals surface area (Å²) in [5, 5.41) is 7.92. The first-order chi connectivity index (χ1) is 25.6. The molecule has 4 nitrogen and oxygen atoms in total. The van der Waals surface area contributed by atoms with Gasteiger partial charge in [0, 0.05) is 55.4 Å². The monoisotopic (exact) mass is 670 g/mol. The highest BCUT2D eigenvalue weighted by molar-refractivity contribution is 6.27. The van der Waals surface area contributed by atoms with Crippen molar-refractivity contribution in [1.82, 2.24) is 18.9 Å². The van der Waals surface area contributed by atoms with Crippen molar-refractivity contribution < 1.29 is 0 Å². The molecule has 0 bridgehead atoms. The summed E-state index contributed by atoms with van der Waals surface area (Å²) >= 11 is 0. The van der Waals surface area contributed by atoms with Gasteiger partial charge in [0.25, 0.3) is 0 Å². The van der Waals surface area contributed by atoms with E-state index in [1.165, 1.54) is 106 Å². The van der Waals surface area contributed by atoms with Crippen LogP contribution in [0.3, 0.4) is 0 Å². The van der Waals surface area contributed by atoms with Gasteiger partial charge < -0.3 is 8.97 Å². The molecule has 4 heteroatoms. The van der Waals surface area contributed by atoms with E-state index >= 15 is 0 Å². The molecule has 0 aliphatic heterocycles. The normalized spacial score (nSPS) is 20.7. The van der Waals surface area contributed by atoms with Crippen molar-refractivity contribution in [2.45, 2.75) is 51.9 Å². The van der Waals surface area contributed by atoms with Gasteiger partial charge in [-0.2, -0.15) is 0 Å². The quantitative estimate of drug-likeness (QED) is 0.187. The van der Waals surface area contributed by atoms with Crippen LogP contribution in [0.15, 0.2) is 109 Å². The zero-order chi connectivity index (χ0) is 34.4. The van der Waals surface area contributed by atoms with E-state index in [0.29, 0.717) is 23.7 Å². The Bertz CT molecular complexity index is 3050. The molecular formula is C48H38N4. The SMILES string of the molecule is CCC1=Cc2ncc3c(c2C1CC)c1cc(-c2cccc4c2c2ccccc2n4-c2ccccc2)cc2c4c5c(ncc4n3c21)C1CC1C(C)C=C5. The molecular weight excluding hydrogens is 633 g/mol. The molecule has 0 saturated heterocycles. The Hall–Kier alpha value is -5.74. The summed E-state index contributed by atoms with van der Waals surface area (Å²) in [6.07, 6.45) is 14.9. The van der Waals surface area contributed by atoms with Gasteiger partial charge in [0.15, 0.2) is 0 Å². The highest BCUT2D eigenvalue weighted by Gasteiger charge is 2.45. The maximum Gasteiger partial charge on any atom is 0.0731 e. The second-order valence-electron chi connectivity index (χ2n) is 15.5. The molecule has 0 N–H and O–H groups in total. The number of pyridine rings is 2. The van der Waals surface area contributed by atoms with E-state index in [0.717, 1.165) is 18.5 Å². The summed E-state index contributed by atoms with van der Waals surface area (Å²) in [5.41, 5.74) is 16.5. The molecule has 1 saturated carbocycles. The first-order valence-electron chi connectivity index (χ1n) is 19.2. The zero-order valence-electron chi connectivity index (χ0n) is 29.7. The lowest BCUT2D eigenvalue weighted by atomic mass is 9.89. The zero-order valence-corrected chi connectivity index (χ0v) is 29.7. The van der Waals surface area contributed by atoms with Gasteiger partial charge in [0.1, 0.15) is 0 Å². The van der Waals surface area contributed by atoms with Crippen molar-refractivity contribution in [3.63, 3.8) is 0 Å². The van der Waals surface area contributed by atoms with E-state index in [1.54, 1.807) is 0 Å². The average molecular weight is 671 g/mol. The van der Waals surface area contributed by atoms with Crippen LogP contribution in [0.5, 0.6) is 0 Å². The molecule has 5 aromatic heterocycles. The Kier molecular flexibility index (Phi) is 5.67. The number of allylic oxidation sites excluding steroid dienone is 2. The molecule has 12 rings (SSSR count). The fourth-order valence-corrected chi connectivity index (χ4v) is 10.6. The van der Waals surface area contributed by atoms with Crippen LogP contribution in [0.4, 0.5) is 0 Å². The Balaban J connectivity index is 1.25. The molecule has 3 aliphatic carbocycles. The van der Waals surface area contributed by atoms with Gasteiger partial charge in [0.05, 0.1) is 51.4 Å². The number of hydrogen-bond acceptors (Lipinski definition) is 2. The largest absolute Gasteiger partial charge is 0.309 e. The third kappa shape index (κ3) is 3.57. The summed E-state index contributed by atoms with van der Waals surface area (Å²) in [6.45, 7) is 7.00. The molecule has 9 aromatic rings. The third-order valence-corrected chi connectivity index (χ3v) is 13.0. The minimum Gasteiger partial charge on any atom is -0.309 e. The van der Waals surface area contributed by atoms with Crippen molar-refractivity contribution >= 4 is 72.1 Å². The van der Waals surface area contributed by atoms with Crippen LogP contribution in [0, 0.1) is 11.8 Å². The lowest BCUT2D eigenvalue weighted by Crippen LogP contribution is -1.99. The van der Waals surface area contributed by atoms with Crippen LogP contribution in [0.1, 0.15) is 74.4 Å². The maximum absolute atomic E-state index is 5.28. The van der Waals surface area contributed by atoms with Crippen LogP contribution >= 0.6 is 0 Å². The third-order valence-electron chi connectivity index (χ3n) is 13.0. The van der Waals surface area contributed by atoms with Gasteiger partial charge in [-0.25, -0.2) is 0 Å². The first kappa shape index (κ1) is 28.9. The molecule has 4 unspecified atom stereocenters. The summed E-state index contributed by atoms with van der Waals surface area (Å²) in [6, 6.07) is 31.6. The Morgan fingerprint density at radius 3 is 2.37 bits per heavy atom. The summed E-state index contributed by atoms with van der Waals surface area (Å²) < 4.78 is 4.93. The van der Waals surface area contributed by atoms with Crippen molar-refractivity contribution in [1.29, 1.82) is 0 Å². The molecule has 4 atom stereocenters. The molecule has 4 aromatic carbocycles. The molecule has 250 valence electrons. The molecule has 52 heavy (non-hydrogen) atoms. The van der Waals surface area contributed by atoms with Crippen LogP contribution in [-0.4, -0.2) is 18.9 Å². The number of fused-ring (bicyclic) bond motifs is 15. The second kappa shape index (κ2) is 10.2. The van der Waals surface area contributed by atoms with Gasteiger partial charge >= 0.3 is 0 Å². The molecule has 0 radical (unpaired) electrons. The van der Waals surface area contributed by atoms with E-state index in [4.69, 9.17) is 9.97 Å². The van der Waals surface area contributed by atoms with Gasteiger partial charge in [-0.3, -0.25) is 9.97 Å². The predicted octanol–water partition coefficient (Wildman–Crippen LogP) is 12.5. The molecule has 0 amide bonds. The lowest BCUT2D eigenvalue weighted by Gasteiger charge is -2.15. The summed E-state index contributed by atoms with van der Waals surface area (Å²) in [5.74, 6) is 2.20. The van der Waals surface area contributed by atoms with E-state index in [2.05, 4.69) is 145 Å². The number of rotatable bonds is 4. The number of benzene rings is 4. The van der Waals surface area contributed by atoms with Crippen molar-refractivity contribution in [3.8, 4) is 16.8 Å². The number of para-hydroxylation sites is 2. The highest BCUT2D eigenvalue weighted by Crippen LogP contribution is 2.56. The summed E-state index contributed by atoms with van der Waals surface area (Å²) in [7, 11) is 0. The van der Waals surface area contributed by atoms with Gasteiger partial charge in [-0.05, 0) is 90.3 Å². The molecule has 3 aliphatic rings. The Morgan fingerprint density at radius 1 is 0.750 bits per heavy atom. The molecule has 5 heterocycles. The predicted molar refractivity (Wildman–Crippen MR) is 217 cm³/mol. The van der Waals surface area contributed by atoms with Crippen LogP contribution < -0.4 is 0 Å². The van der Waals surface area contributed by atoms with Crippen molar-refractivity contribution in [2.75, 3.05) is 0 Å². The second-order valence-corrected chi connectivity index (χ2v) is 15.5. The number of nitrogens with zero attached hydrogens (tertiary/aromatic N) is 4. The Morgan fingerprint density at radius 2 is 1.52 bits per heavy atom. The topological polar surface area (TPSA) is 35.1 Å². The van der Waals surface area contributed by atoms with Crippen molar-refractivity contribution in [2.24, 2.45) is 11.8 Å². The van der Waals surface area contributed by atoms with E-state index in [9.17, 15) is 0 Å². The van der Waals surface area contributed by atoms with E-state index < -0.39 is 0 Å². The standard InChI is InChI=1S/C48H38N4/c1-4-27-22-38-45(30(27)5-2)46-37-21-28(31-15-11-17-40-43(31)32-14-9-10-16-39(32)51(40)29-12-7-6-8-13-29)20-36-44-33-19-18-26(3)34-23-35(34)47(33)50-25-41(44)52(48(36)37)42(46)24-49-38/h6-22,24-26,30,34-35H,4-5,23H2,1-3H3. The van der Waals surface area contributed by atoms with Crippen molar-refractivity contribution in [3.05, 3.63) is 131 Å². The van der Waals surface area contributed by atoms with Gasteiger partial charge in [0.2, 0.25) is 0 Å². The van der Waals surface area contributed by atoms with E-state index in [1.807, 2.05) is 0 Å². The smallest absolute Gasteiger partial charge is 0.0731 e. The minimum absolute atomic E-state index is 0.384.